The SMILES string of the molecule is CN1CCC(NC(=O)c2c(=O)c3cnc(N4CCC5(CCOCC5)CC4)nc3n3c2sc2ccccc23)CC1. The van der Waals surface area contributed by atoms with E-state index in [1.54, 1.807) is 6.20 Å². The summed E-state index contributed by atoms with van der Waals surface area (Å²) in [6, 6.07) is 8.09. The molecule has 6 heterocycles. The van der Waals surface area contributed by atoms with E-state index in [1.165, 1.54) is 11.3 Å². The van der Waals surface area contributed by atoms with Gasteiger partial charge in [0.2, 0.25) is 11.4 Å². The zero-order chi connectivity index (χ0) is 26.6. The van der Waals surface area contributed by atoms with E-state index in [4.69, 9.17) is 9.72 Å². The van der Waals surface area contributed by atoms with Crippen LogP contribution in [-0.2, 0) is 4.74 Å². The highest BCUT2D eigenvalue weighted by atomic mass is 32.1. The van der Waals surface area contributed by atoms with E-state index in [1.807, 2.05) is 28.7 Å². The van der Waals surface area contributed by atoms with Gasteiger partial charge in [-0.15, -0.1) is 11.3 Å². The summed E-state index contributed by atoms with van der Waals surface area (Å²) in [6.45, 7) is 5.36. The molecule has 4 aromatic rings. The molecule has 3 aliphatic rings. The number of ether oxygens (including phenoxy) is 1. The van der Waals surface area contributed by atoms with Crippen LogP contribution in [0.25, 0.3) is 26.1 Å². The van der Waals surface area contributed by atoms with Crippen LogP contribution in [-0.4, -0.2) is 77.7 Å². The number of carbonyl (C=O) groups excluding carboxylic acids is 1. The van der Waals surface area contributed by atoms with Gasteiger partial charge in [-0.25, -0.2) is 4.98 Å². The molecule has 10 heteroatoms. The molecule has 0 saturated carbocycles. The third kappa shape index (κ3) is 4.38. The highest BCUT2D eigenvalue weighted by Gasteiger charge is 2.37. The number of para-hydroxylation sites is 1. The van der Waals surface area contributed by atoms with Gasteiger partial charge in [-0.2, -0.15) is 4.98 Å². The molecule has 0 unspecified atom stereocenters. The Hall–Kier alpha value is -3.08. The molecule has 204 valence electrons. The van der Waals surface area contributed by atoms with Gasteiger partial charge < -0.3 is 19.9 Å². The normalized spacial score (nSPS) is 20.8. The van der Waals surface area contributed by atoms with Crippen molar-refractivity contribution in [3.05, 3.63) is 46.2 Å². The van der Waals surface area contributed by atoms with Crippen LogP contribution in [0.15, 0.2) is 35.3 Å². The highest BCUT2D eigenvalue weighted by Crippen LogP contribution is 2.41. The summed E-state index contributed by atoms with van der Waals surface area (Å²) in [4.78, 5) is 42.3. The maximum Gasteiger partial charge on any atom is 0.258 e. The number of hydrogen-bond donors (Lipinski definition) is 1. The first-order valence-corrected chi connectivity index (χ1v) is 14.9. The Morgan fingerprint density at radius 2 is 1.82 bits per heavy atom. The molecule has 0 bridgehead atoms. The lowest BCUT2D eigenvalue weighted by atomic mass is 9.72. The average molecular weight is 547 g/mol. The number of thiazole rings is 1. The minimum Gasteiger partial charge on any atom is -0.381 e. The van der Waals surface area contributed by atoms with Crippen molar-refractivity contribution >= 4 is 49.3 Å². The van der Waals surface area contributed by atoms with Crippen molar-refractivity contribution in [2.24, 2.45) is 5.41 Å². The molecule has 1 amide bonds. The molecule has 0 radical (unpaired) electrons. The minimum atomic E-state index is -0.303. The lowest BCUT2D eigenvalue weighted by Gasteiger charge is -2.44. The topological polar surface area (TPSA) is 92.1 Å². The third-order valence-corrected chi connectivity index (χ3v) is 10.3. The van der Waals surface area contributed by atoms with Crippen molar-refractivity contribution < 1.29 is 9.53 Å². The smallest absolute Gasteiger partial charge is 0.258 e. The number of carbonyl (C=O) groups is 1. The molecule has 1 spiro atoms. The Bertz CT molecular complexity index is 1610. The first-order chi connectivity index (χ1) is 19.0. The fraction of sp³-hybridized carbons (Fsp3) is 0.517. The van der Waals surface area contributed by atoms with Crippen LogP contribution in [0.2, 0.25) is 0 Å². The largest absolute Gasteiger partial charge is 0.381 e. The molecule has 1 aromatic carbocycles. The van der Waals surface area contributed by atoms with E-state index in [9.17, 15) is 9.59 Å². The van der Waals surface area contributed by atoms with Gasteiger partial charge in [-0.3, -0.25) is 14.0 Å². The summed E-state index contributed by atoms with van der Waals surface area (Å²) < 4.78 is 8.62. The predicted molar refractivity (Wildman–Crippen MR) is 154 cm³/mol. The van der Waals surface area contributed by atoms with Crippen LogP contribution in [0.1, 0.15) is 48.9 Å². The number of pyridine rings is 1. The number of nitrogens with one attached hydrogen (secondary N) is 1. The van der Waals surface area contributed by atoms with Crippen molar-refractivity contribution in [3.8, 4) is 0 Å². The Labute approximate surface area is 230 Å². The molecule has 7 rings (SSSR count). The molecule has 0 aliphatic carbocycles. The molecular weight excluding hydrogens is 512 g/mol. The van der Waals surface area contributed by atoms with E-state index in [0.29, 0.717) is 27.2 Å². The first kappa shape index (κ1) is 24.9. The second-order valence-corrected chi connectivity index (χ2v) is 12.5. The number of rotatable bonds is 3. The number of anilines is 1. The van der Waals surface area contributed by atoms with Gasteiger partial charge in [-0.1, -0.05) is 12.1 Å². The van der Waals surface area contributed by atoms with Gasteiger partial charge in [0, 0.05) is 38.5 Å². The predicted octanol–water partition coefficient (Wildman–Crippen LogP) is 3.68. The van der Waals surface area contributed by atoms with E-state index in [-0.39, 0.29) is 22.9 Å². The monoisotopic (exact) mass is 546 g/mol. The maximum absolute atomic E-state index is 13.9. The number of likely N-dealkylation sites (tertiary alicyclic amines) is 1. The lowest BCUT2D eigenvalue weighted by molar-refractivity contribution is 0.00199. The van der Waals surface area contributed by atoms with Crippen molar-refractivity contribution in [2.75, 3.05) is 51.3 Å². The van der Waals surface area contributed by atoms with Crippen molar-refractivity contribution in [2.45, 2.75) is 44.6 Å². The standard InChI is InChI=1S/C29H34N6O3S/c1-33-12-6-19(7-13-33)31-26(37)23-24(36)20-18-30-28(34-14-8-29(9-15-34)10-16-38-17-11-29)32-25(20)35-21-4-2-3-5-22(21)39-27(23)35/h2-5,18-19H,6-17H2,1H3,(H,31,37). The number of nitrogens with zero attached hydrogens (tertiary/aromatic N) is 5. The Balaban J connectivity index is 1.30. The molecule has 39 heavy (non-hydrogen) atoms. The van der Waals surface area contributed by atoms with Crippen molar-refractivity contribution in [1.29, 1.82) is 0 Å². The molecule has 3 aromatic heterocycles. The number of fused-ring (bicyclic) bond motifs is 5. The van der Waals surface area contributed by atoms with Gasteiger partial charge in [0.25, 0.3) is 5.91 Å². The molecular formula is C29H34N6O3S. The maximum atomic E-state index is 13.9. The minimum absolute atomic E-state index is 0.0648. The van der Waals surface area contributed by atoms with Gasteiger partial charge in [0.15, 0.2) is 5.65 Å². The Morgan fingerprint density at radius 3 is 2.59 bits per heavy atom. The number of hydrogen-bond acceptors (Lipinski definition) is 8. The third-order valence-electron chi connectivity index (χ3n) is 9.11. The van der Waals surface area contributed by atoms with Crippen LogP contribution in [0, 0.1) is 5.41 Å². The fourth-order valence-electron chi connectivity index (χ4n) is 6.54. The van der Waals surface area contributed by atoms with E-state index < -0.39 is 0 Å². The Kier molecular flexibility index (Phi) is 6.28. The number of benzene rings is 1. The zero-order valence-electron chi connectivity index (χ0n) is 22.3. The summed E-state index contributed by atoms with van der Waals surface area (Å²) in [5, 5.41) is 3.54. The van der Waals surface area contributed by atoms with Gasteiger partial charge in [0.05, 0.1) is 15.6 Å². The Morgan fingerprint density at radius 1 is 1.08 bits per heavy atom. The highest BCUT2D eigenvalue weighted by molar-refractivity contribution is 7.24. The van der Waals surface area contributed by atoms with Crippen LogP contribution in [0.3, 0.4) is 0 Å². The summed E-state index contributed by atoms with van der Waals surface area (Å²) in [5.74, 6) is 0.346. The van der Waals surface area contributed by atoms with Crippen LogP contribution in [0.4, 0.5) is 5.95 Å². The van der Waals surface area contributed by atoms with Crippen LogP contribution in [0.5, 0.6) is 0 Å². The van der Waals surface area contributed by atoms with Gasteiger partial charge in [0.1, 0.15) is 10.4 Å². The number of aromatic nitrogens is 3. The second kappa shape index (κ2) is 9.83. The average Bonchev–Trinajstić information content (AvgIpc) is 3.34. The number of piperidine rings is 2. The zero-order valence-corrected chi connectivity index (χ0v) is 23.1. The van der Waals surface area contributed by atoms with E-state index in [0.717, 1.165) is 88.1 Å². The van der Waals surface area contributed by atoms with Crippen molar-refractivity contribution in [3.63, 3.8) is 0 Å². The summed E-state index contributed by atoms with van der Waals surface area (Å²) in [7, 11) is 2.09. The van der Waals surface area contributed by atoms with Crippen molar-refractivity contribution in [1.82, 2.24) is 24.6 Å². The first-order valence-electron chi connectivity index (χ1n) is 14.1. The molecule has 1 N–H and O–H groups in total. The fourth-order valence-corrected chi connectivity index (χ4v) is 7.72. The van der Waals surface area contributed by atoms with E-state index >= 15 is 0 Å². The molecule has 3 saturated heterocycles. The van der Waals surface area contributed by atoms with Crippen LogP contribution < -0.4 is 15.6 Å². The van der Waals surface area contributed by atoms with Crippen LogP contribution >= 0.6 is 11.3 Å². The molecule has 3 aliphatic heterocycles. The summed E-state index contributed by atoms with van der Waals surface area (Å²) >= 11 is 1.47. The second-order valence-electron chi connectivity index (χ2n) is 11.5. The molecule has 3 fully saturated rings. The lowest BCUT2D eigenvalue weighted by Crippen LogP contribution is -2.44. The van der Waals surface area contributed by atoms with Gasteiger partial charge in [-0.05, 0) is 76.2 Å². The molecule has 0 atom stereocenters. The quantitative estimate of drug-likeness (QED) is 0.419. The summed E-state index contributed by atoms with van der Waals surface area (Å²) in [6.07, 6.45) is 7.84. The molecule has 9 nitrogen and oxygen atoms in total. The van der Waals surface area contributed by atoms with E-state index in [2.05, 4.69) is 27.1 Å². The number of amides is 1. The summed E-state index contributed by atoms with van der Waals surface area (Å²) in [5.41, 5.74) is 1.78. The van der Waals surface area contributed by atoms with Gasteiger partial charge >= 0.3 is 0 Å².